The lowest BCUT2D eigenvalue weighted by atomic mass is 9.92. The third-order valence-electron chi connectivity index (χ3n) is 3.49. The molecule has 0 fully saturated rings. The second-order valence-corrected chi connectivity index (χ2v) is 5.75. The molecule has 86 valence electrons. The van der Waals surface area contributed by atoms with Crippen molar-refractivity contribution in [3.63, 3.8) is 0 Å². The number of rotatable bonds is 0. The predicted octanol–water partition coefficient (Wildman–Crippen LogP) is 3.84. The Bertz CT molecular complexity index is 540. The lowest BCUT2D eigenvalue weighted by Gasteiger charge is -2.16. The van der Waals surface area contributed by atoms with E-state index in [9.17, 15) is 4.79 Å². The number of allylic oxidation sites excluding steroid dienone is 4. The summed E-state index contributed by atoms with van der Waals surface area (Å²) in [5.74, 6) is 0.224. The standard InChI is InChI=1S/C15H13BrO/c16-12-8-7-11-6-5-10-3-1-2-4-13(10)15(17)14(11)9-12/h1-4,7-8,12H,5-6,9H2. The maximum absolute atomic E-state index is 12.5. The number of fused-ring (bicyclic) bond motifs is 1. The molecule has 2 heteroatoms. The van der Waals surface area contributed by atoms with Gasteiger partial charge in [-0.05, 0) is 30.4 Å². The van der Waals surface area contributed by atoms with Gasteiger partial charge in [-0.1, -0.05) is 52.3 Å². The SMILES string of the molecule is O=C1C2=C(C=CC(Br)C2)CCc2ccccc21. The Labute approximate surface area is 109 Å². The molecule has 0 bridgehead atoms. The summed E-state index contributed by atoms with van der Waals surface area (Å²) >= 11 is 3.57. The number of hydrogen-bond donors (Lipinski definition) is 0. The smallest absolute Gasteiger partial charge is 0.189 e. The zero-order valence-electron chi connectivity index (χ0n) is 9.45. The molecular formula is C15H13BrO. The van der Waals surface area contributed by atoms with Gasteiger partial charge in [0.2, 0.25) is 0 Å². The summed E-state index contributed by atoms with van der Waals surface area (Å²) in [7, 11) is 0. The Morgan fingerprint density at radius 3 is 2.88 bits per heavy atom. The van der Waals surface area contributed by atoms with Gasteiger partial charge in [-0.25, -0.2) is 0 Å². The Morgan fingerprint density at radius 1 is 1.18 bits per heavy atom. The highest BCUT2D eigenvalue weighted by Gasteiger charge is 2.25. The third-order valence-corrected chi connectivity index (χ3v) is 4.12. The fraction of sp³-hybridized carbons (Fsp3) is 0.267. The van der Waals surface area contributed by atoms with Crippen molar-refractivity contribution < 1.29 is 4.79 Å². The van der Waals surface area contributed by atoms with E-state index < -0.39 is 0 Å². The van der Waals surface area contributed by atoms with Gasteiger partial charge in [0, 0.05) is 16.0 Å². The minimum absolute atomic E-state index is 0.224. The number of carbonyl (C=O) groups is 1. The fourth-order valence-corrected chi connectivity index (χ4v) is 3.06. The molecule has 0 spiro atoms. The molecular weight excluding hydrogens is 276 g/mol. The highest BCUT2D eigenvalue weighted by atomic mass is 79.9. The number of ketones is 1. The first-order chi connectivity index (χ1) is 8.25. The van der Waals surface area contributed by atoms with Crippen LogP contribution in [0, 0.1) is 0 Å². The van der Waals surface area contributed by atoms with Crippen LogP contribution in [0.4, 0.5) is 0 Å². The second-order valence-electron chi connectivity index (χ2n) is 4.57. The first kappa shape index (κ1) is 11.0. The van der Waals surface area contributed by atoms with Crippen molar-refractivity contribution in [1.82, 2.24) is 0 Å². The van der Waals surface area contributed by atoms with Crippen LogP contribution < -0.4 is 0 Å². The summed E-state index contributed by atoms with van der Waals surface area (Å²) in [6.07, 6.45) is 7.02. The molecule has 0 aromatic heterocycles. The average molecular weight is 289 g/mol. The zero-order chi connectivity index (χ0) is 11.8. The molecule has 0 saturated heterocycles. The van der Waals surface area contributed by atoms with Crippen LogP contribution in [0.5, 0.6) is 0 Å². The normalized spacial score (nSPS) is 23.1. The van der Waals surface area contributed by atoms with E-state index in [0.717, 1.165) is 30.4 Å². The molecule has 1 unspecified atom stereocenters. The van der Waals surface area contributed by atoms with Crippen LogP contribution in [0.3, 0.4) is 0 Å². The molecule has 0 saturated carbocycles. The van der Waals surface area contributed by atoms with E-state index in [2.05, 4.69) is 34.1 Å². The first-order valence-corrected chi connectivity index (χ1v) is 6.84. The van der Waals surface area contributed by atoms with Gasteiger partial charge >= 0.3 is 0 Å². The number of halogens is 1. The Morgan fingerprint density at radius 2 is 2.00 bits per heavy atom. The molecule has 1 nitrogen and oxygen atoms in total. The summed E-state index contributed by atoms with van der Waals surface area (Å²) in [4.78, 5) is 12.8. The molecule has 2 aliphatic carbocycles. The summed E-state index contributed by atoms with van der Waals surface area (Å²) in [5, 5.41) is 0. The predicted molar refractivity (Wildman–Crippen MR) is 72.6 cm³/mol. The van der Waals surface area contributed by atoms with E-state index in [-0.39, 0.29) is 5.78 Å². The summed E-state index contributed by atoms with van der Waals surface area (Å²) in [6.45, 7) is 0. The molecule has 17 heavy (non-hydrogen) atoms. The highest BCUT2D eigenvalue weighted by Crippen LogP contribution is 2.32. The molecule has 1 atom stereocenters. The molecule has 1 aromatic carbocycles. The van der Waals surface area contributed by atoms with Crippen LogP contribution in [-0.2, 0) is 6.42 Å². The highest BCUT2D eigenvalue weighted by molar-refractivity contribution is 9.09. The van der Waals surface area contributed by atoms with Gasteiger partial charge in [0.1, 0.15) is 0 Å². The van der Waals surface area contributed by atoms with Gasteiger partial charge in [-0.2, -0.15) is 0 Å². The monoisotopic (exact) mass is 288 g/mol. The van der Waals surface area contributed by atoms with Crippen molar-refractivity contribution in [2.24, 2.45) is 0 Å². The van der Waals surface area contributed by atoms with Crippen molar-refractivity contribution in [2.45, 2.75) is 24.1 Å². The quantitative estimate of drug-likeness (QED) is 0.663. The van der Waals surface area contributed by atoms with Gasteiger partial charge in [0.15, 0.2) is 5.78 Å². The maximum Gasteiger partial charge on any atom is 0.189 e. The van der Waals surface area contributed by atoms with Crippen LogP contribution in [0.2, 0.25) is 0 Å². The van der Waals surface area contributed by atoms with Crippen LogP contribution in [0.25, 0.3) is 0 Å². The molecule has 0 amide bonds. The number of Topliss-reactive ketones (excluding diaryl/α,β-unsaturated/α-hetero) is 1. The topological polar surface area (TPSA) is 17.1 Å². The van der Waals surface area contributed by atoms with Gasteiger partial charge < -0.3 is 0 Å². The van der Waals surface area contributed by atoms with Crippen LogP contribution >= 0.6 is 15.9 Å². The van der Waals surface area contributed by atoms with E-state index in [1.54, 1.807) is 0 Å². The molecule has 2 aliphatic rings. The summed E-state index contributed by atoms with van der Waals surface area (Å²) in [5.41, 5.74) is 4.31. The van der Waals surface area contributed by atoms with Crippen molar-refractivity contribution in [2.75, 3.05) is 0 Å². The number of aryl methyl sites for hydroxylation is 1. The van der Waals surface area contributed by atoms with Gasteiger partial charge in [-0.15, -0.1) is 0 Å². The average Bonchev–Trinajstić information content (AvgIpc) is 2.49. The largest absolute Gasteiger partial charge is 0.289 e. The van der Waals surface area contributed by atoms with Gasteiger partial charge in [-0.3, -0.25) is 4.79 Å². The number of hydrogen-bond acceptors (Lipinski definition) is 1. The molecule has 0 radical (unpaired) electrons. The number of benzene rings is 1. The first-order valence-electron chi connectivity index (χ1n) is 5.92. The van der Waals surface area contributed by atoms with Crippen molar-refractivity contribution in [3.05, 3.63) is 58.7 Å². The van der Waals surface area contributed by atoms with Crippen LogP contribution in [0.1, 0.15) is 28.8 Å². The van der Waals surface area contributed by atoms with E-state index in [0.29, 0.717) is 4.83 Å². The lowest BCUT2D eigenvalue weighted by Crippen LogP contribution is -2.12. The van der Waals surface area contributed by atoms with Crippen molar-refractivity contribution >= 4 is 21.7 Å². The Hall–Kier alpha value is -1.15. The number of alkyl halides is 1. The van der Waals surface area contributed by atoms with Crippen molar-refractivity contribution in [1.29, 1.82) is 0 Å². The zero-order valence-corrected chi connectivity index (χ0v) is 11.0. The molecule has 3 rings (SSSR count). The second kappa shape index (κ2) is 4.26. The maximum atomic E-state index is 12.5. The van der Waals surface area contributed by atoms with Crippen LogP contribution in [0.15, 0.2) is 47.6 Å². The van der Waals surface area contributed by atoms with Gasteiger partial charge in [0.05, 0.1) is 0 Å². The molecule has 0 heterocycles. The summed E-state index contributed by atoms with van der Waals surface area (Å²) in [6, 6.07) is 7.99. The van der Waals surface area contributed by atoms with Crippen molar-refractivity contribution in [3.8, 4) is 0 Å². The third kappa shape index (κ3) is 1.91. The Kier molecular flexibility index (Phi) is 2.75. The van der Waals surface area contributed by atoms with E-state index in [1.165, 1.54) is 11.1 Å². The molecule has 0 aliphatic heterocycles. The fourth-order valence-electron chi connectivity index (χ4n) is 2.58. The lowest BCUT2D eigenvalue weighted by molar-refractivity contribution is 0.103. The van der Waals surface area contributed by atoms with Crippen LogP contribution in [-0.4, -0.2) is 10.6 Å². The van der Waals surface area contributed by atoms with E-state index in [4.69, 9.17) is 0 Å². The minimum atomic E-state index is 0.224. The number of carbonyl (C=O) groups excluding carboxylic acids is 1. The Balaban J connectivity index is 2.10. The minimum Gasteiger partial charge on any atom is -0.289 e. The summed E-state index contributed by atoms with van der Waals surface area (Å²) < 4.78 is 0. The molecule has 0 N–H and O–H groups in total. The molecule has 1 aromatic rings. The van der Waals surface area contributed by atoms with E-state index in [1.807, 2.05) is 18.2 Å². The van der Waals surface area contributed by atoms with Gasteiger partial charge in [0.25, 0.3) is 0 Å². The van der Waals surface area contributed by atoms with E-state index >= 15 is 0 Å².